The van der Waals surface area contributed by atoms with Crippen LogP contribution in [0.1, 0.15) is 63.8 Å². The molecule has 294 valence electrons. The van der Waals surface area contributed by atoms with Crippen molar-refractivity contribution in [2.45, 2.75) is 85.8 Å². The summed E-state index contributed by atoms with van der Waals surface area (Å²) in [6.45, 7) is 17.7. The van der Waals surface area contributed by atoms with E-state index in [0.29, 0.717) is 0 Å². The first-order valence-electron chi connectivity index (χ1n) is 20.8. The Bertz CT molecular complexity index is 2730. The van der Waals surface area contributed by atoms with Crippen LogP contribution in [0.4, 0.5) is 0 Å². The fraction of sp³-hybridized carbons (Fsp3) is 0.192. The third kappa shape index (κ3) is 6.33. The molecule has 0 N–H and O–H groups in total. The van der Waals surface area contributed by atoms with Crippen LogP contribution >= 0.6 is 23.5 Å². The first-order chi connectivity index (χ1) is 28.7. The van der Waals surface area contributed by atoms with E-state index < -0.39 is 0 Å². The van der Waals surface area contributed by atoms with E-state index in [1.54, 1.807) is 23.5 Å². The lowest BCUT2D eigenvalue weighted by Gasteiger charge is -2.37. The quantitative estimate of drug-likeness (QED) is 0.165. The highest BCUT2D eigenvalue weighted by atomic mass is 32.2. The van der Waals surface area contributed by atoms with Gasteiger partial charge in [-0.15, -0.1) is 0 Å². The Morgan fingerprint density at radius 3 is 1.22 bits per heavy atom. The molecule has 0 atom stereocenters. The number of aryl methyl sites for hydroxylation is 2. The molecule has 0 aromatic heterocycles. The van der Waals surface area contributed by atoms with Crippen LogP contribution in [0, 0.1) is 13.8 Å². The van der Waals surface area contributed by atoms with Gasteiger partial charge in [0.15, 0.2) is 0 Å². The van der Waals surface area contributed by atoms with Crippen LogP contribution in [0.5, 0.6) is 46.0 Å². The van der Waals surface area contributed by atoms with E-state index in [0.717, 1.165) is 66.7 Å². The lowest BCUT2D eigenvalue weighted by Crippen LogP contribution is -2.61. The third-order valence-electron chi connectivity index (χ3n) is 12.2. The molecule has 60 heavy (non-hydrogen) atoms. The minimum atomic E-state index is -0.0159. The number of fused-ring (bicyclic) bond motifs is 8. The summed E-state index contributed by atoms with van der Waals surface area (Å²) in [5.74, 6) is 6.32. The summed E-state index contributed by atoms with van der Waals surface area (Å²) >= 11 is 3.60. The standard InChI is InChI=1S/C52H44B2O4S2/c1-29-9-19-37-45(21-29)59-47-25-35(55-33-15-11-31(12-16-33)51(3,4)5)23-43-49(47)53(37)39-27-40-42(28-41(39)57-43)58-44-24-36(56-34-17-13-32(14-18-34)52(6,7)8)26-48-50(44)54(40)38-20-10-30(2)22-46(38)60-48/h9-28H,1-8H3. The van der Waals surface area contributed by atoms with E-state index in [1.807, 2.05) is 0 Å². The highest BCUT2D eigenvalue weighted by Crippen LogP contribution is 2.44. The van der Waals surface area contributed by atoms with Gasteiger partial charge in [0, 0.05) is 37.8 Å². The summed E-state index contributed by atoms with van der Waals surface area (Å²) in [4.78, 5) is 4.82. The maximum absolute atomic E-state index is 6.99. The predicted octanol–water partition coefficient (Wildman–Crippen LogP) is 10.7. The maximum atomic E-state index is 6.99. The second-order valence-corrected chi connectivity index (χ2v) is 20.9. The summed E-state index contributed by atoms with van der Waals surface area (Å²) < 4.78 is 27.1. The molecule has 4 heterocycles. The molecule has 4 aliphatic rings. The molecule has 7 aromatic rings. The van der Waals surface area contributed by atoms with Crippen molar-refractivity contribution in [1.82, 2.24) is 0 Å². The van der Waals surface area contributed by atoms with Gasteiger partial charge >= 0.3 is 0 Å². The van der Waals surface area contributed by atoms with Crippen LogP contribution in [0.15, 0.2) is 141 Å². The van der Waals surface area contributed by atoms with Gasteiger partial charge in [-0.25, -0.2) is 0 Å². The van der Waals surface area contributed by atoms with Crippen LogP contribution in [-0.4, -0.2) is 13.4 Å². The molecule has 4 aliphatic heterocycles. The van der Waals surface area contributed by atoms with Crippen molar-refractivity contribution in [1.29, 1.82) is 0 Å². The average Bonchev–Trinajstić information content (AvgIpc) is 3.19. The van der Waals surface area contributed by atoms with Crippen molar-refractivity contribution in [2.75, 3.05) is 0 Å². The van der Waals surface area contributed by atoms with E-state index in [-0.39, 0.29) is 24.3 Å². The second kappa shape index (κ2) is 13.5. The molecule has 0 saturated carbocycles. The molecule has 0 unspecified atom stereocenters. The number of rotatable bonds is 4. The summed E-state index contributed by atoms with van der Waals surface area (Å²) in [6, 6.07) is 43.6. The van der Waals surface area contributed by atoms with Gasteiger partial charge in [0.25, 0.3) is 13.4 Å². The third-order valence-corrected chi connectivity index (χ3v) is 14.5. The van der Waals surface area contributed by atoms with Crippen molar-refractivity contribution < 1.29 is 18.9 Å². The molecular formula is C52H44B2O4S2. The first-order valence-corrected chi connectivity index (χ1v) is 22.4. The first kappa shape index (κ1) is 37.6. The van der Waals surface area contributed by atoms with Gasteiger partial charge in [-0.05, 0) is 106 Å². The number of hydrogen-bond acceptors (Lipinski definition) is 6. The Kier molecular flexibility index (Phi) is 8.48. The Morgan fingerprint density at radius 2 is 0.817 bits per heavy atom. The minimum Gasteiger partial charge on any atom is -0.458 e. The van der Waals surface area contributed by atoms with Crippen molar-refractivity contribution in [2.24, 2.45) is 0 Å². The predicted molar refractivity (Wildman–Crippen MR) is 250 cm³/mol. The Labute approximate surface area is 362 Å². The molecule has 0 saturated heterocycles. The molecule has 7 aromatic carbocycles. The molecule has 0 amide bonds. The van der Waals surface area contributed by atoms with E-state index >= 15 is 0 Å². The molecule has 0 bridgehead atoms. The number of hydrogen-bond donors (Lipinski definition) is 0. The zero-order valence-corrected chi connectivity index (χ0v) is 36.8. The molecule has 0 spiro atoms. The van der Waals surface area contributed by atoms with Crippen LogP contribution in [0.25, 0.3) is 0 Å². The van der Waals surface area contributed by atoms with Crippen molar-refractivity contribution in [3.63, 3.8) is 0 Å². The van der Waals surface area contributed by atoms with Gasteiger partial charge in [0.2, 0.25) is 0 Å². The van der Waals surface area contributed by atoms with Crippen LogP contribution in [0.3, 0.4) is 0 Å². The zero-order chi connectivity index (χ0) is 41.2. The lowest BCUT2D eigenvalue weighted by molar-refractivity contribution is 0.449. The van der Waals surface area contributed by atoms with E-state index in [4.69, 9.17) is 18.9 Å². The van der Waals surface area contributed by atoms with E-state index in [1.165, 1.54) is 53.9 Å². The normalized spacial score (nSPS) is 14.1. The van der Waals surface area contributed by atoms with Crippen molar-refractivity contribution in [3.8, 4) is 46.0 Å². The number of benzene rings is 7. The highest BCUT2D eigenvalue weighted by molar-refractivity contribution is 8.00. The molecule has 11 rings (SSSR count). The maximum Gasteiger partial charge on any atom is 0.253 e. The fourth-order valence-electron chi connectivity index (χ4n) is 9.09. The summed E-state index contributed by atoms with van der Waals surface area (Å²) in [7, 11) is 0. The summed E-state index contributed by atoms with van der Waals surface area (Å²) in [6.07, 6.45) is 0. The second-order valence-electron chi connectivity index (χ2n) is 18.7. The van der Waals surface area contributed by atoms with Gasteiger partial charge < -0.3 is 18.9 Å². The molecular weight excluding hydrogens is 774 g/mol. The van der Waals surface area contributed by atoms with Gasteiger partial charge in [-0.2, -0.15) is 0 Å². The van der Waals surface area contributed by atoms with Crippen LogP contribution < -0.4 is 51.7 Å². The van der Waals surface area contributed by atoms with Gasteiger partial charge in [0.1, 0.15) is 46.0 Å². The fourth-order valence-corrected chi connectivity index (χ4v) is 11.7. The van der Waals surface area contributed by atoms with E-state index in [2.05, 4.69) is 177 Å². The smallest absolute Gasteiger partial charge is 0.253 e. The van der Waals surface area contributed by atoms with Crippen LogP contribution in [-0.2, 0) is 10.8 Å². The Balaban J connectivity index is 1.03. The Morgan fingerprint density at radius 1 is 0.400 bits per heavy atom. The van der Waals surface area contributed by atoms with Crippen molar-refractivity contribution in [3.05, 3.63) is 144 Å². The summed E-state index contributed by atoms with van der Waals surface area (Å²) in [5.41, 5.74) is 12.4. The number of ether oxygens (including phenoxy) is 4. The van der Waals surface area contributed by atoms with Gasteiger partial charge in [-0.1, -0.05) is 142 Å². The van der Waals surface area contributed by atoms with Gasteiger partial charge in [-0.3, -0.25) is 0 Å². The SMILES string of the molecule is Cc1ccc2c(c1)Sc1cc(Oc3ccc(C(C)(C)C)cc3)cc3c1B2c1cc2c(cc1O3)Oc1cc(Oc3ccc(C(C)(C)C)cc3)cc3c1B2c1ccc(C)cc1S3. The molecule has 0 fully saturated rings. The van der Waals surface area contributed by atoms with E-state index in [9.17, 15) is 0 Å². The summed E-state index contributed by atoms with van der Waals surface area (Å²) in [5, 5.41) is 0. The van der Waals surface area contributed by atoms with Crippen LogP contribution in [0.2, 0.25) is 0 Å². The largest absolute Gasteiger partial charge is 0.458 e. The zero-order valence-electron chi connectivity index (χ0n) is 35.2. The molecule has 4 nitrogen and oxygen atoms in total. The molecule has 0 radical (unpaired) electrons. The van der Waals surface area contributed by atoms with Crippen molar-refractivity contribution >= 4 is 69.7 Å². The highest BCUT2D eigenvalue weighted by Gasteiger charge is 2.44. The lowest BCUT2D eigenvalue weighted by atomic mass is 9.32. The molecule has 8 heteroatoms. The average molecular weight is 819 g/mol. The molecule has 0 aliphatic carbocycles. The topological polar surface area (TPSA) is 36.9 Å². The van der Waals surface area contributed by atoms with Gasteiger partial charge in [0.05, 0.1) is 0 Å². The Hall–Kier alpha value is -5.43. The minimum absolute atomic E-state index is 0.0159. The monoisotopic (exact) mass is 818 g/mol.